The van der Waals surface area contributed by atoms with Crippen LogP contribution in [0.1, 0.15) is 31.4 Å². The Morgan fingerprint density at radius 2 is 1.91 bits per heavy atom. The first-order valence-electron chi connectivity index (χ1n) is 7.84. The van der Waals surface area contributed by atoms with Crippen LogP contribution in [0.5, 0.6) is 0 Å². The lowest BCUT2D eigenvalue weighted by Gasteiger charge is -2.10. The number of amides is 1. The monoisotopic (exact) mass is 306 g/mol. The number of nitrogens with zero attached hydrogens (tertiary/aromatic N) is 1. The predicted octanol–water partition coefficient (Wildman–Crippen LogP) is 3.91. The Balaban J connectivity index is 1.75. The molecule has 0 spiro atoms. The molecular formula is C19H18N2O2. The van der Waals surface area contributed by atoms with Crippen molar-refractivity contribution in [2.24, 2.45) is 0 Å². The Labute approximate surface area is 135 Å². The molecule has 0 radical (unpaired) electrons. The fraction of sp³-hybridized carbons (Fsp3) is 0.263. The van der Waals surface area contributed by atoms with Gasteiger partial charge in [0.05, 0.1) is 0 Å². The number of rotatable bonds is 4. The van der Waals surface area contributed by atoms with Gasteiger partial charge in [0, 0.05) is 17.7 Å². The lowest BCUT2D eigenvalue weighted by atomic mass is 10.2. The molecule has 0 saturated heterocycles. The first kappa shape index (κ1) is 15.1. The molecule has 1 aromatic heterocycles. The molecule has 4 nitrogen and oxygen atoms in total. The molecule has 23 heavy (non-hydrogen) atoms. The van der Waals surface area contributed by atoms with Gasteiger partial charge in [-0.05, 0) is 25.0 Å². The summed E-state index contributed by atoms with van der Waals surface area (Å²) in [6.07, 6.45) is 5.74. The molecule has 2 aromatic rings. The highest BCUT2D eigenvalue weighted by Crippen LogP contribution is 2.23. The number of hydrogen-bond acceptors (Lipinski definition) is 3. The van der Waals surface area contributed by atoms with Gasteiger partial charge in [-0.25, -0.2) is 0 Å². The van der Waals surface area contributed by atoms with Crippen LogP contribution in [-0.4, -0.2) is 11.9 Å². The van der Waals surface area contributed by atoms with Gasteiger partial charge in [0.1, 0.15) is 23.2 Å². The molecule has 1 aromatic carbocycles. The van der Waals surface area contributed by atoms with Crippen molar-refractivity contribution in [1.29, 1.82) is 5.26 Å². The van der Waals surface area contributed by atoms with Gasteiger partial charge in [0.15, 0.2) is 0 Å². The molecule has 1 heterocycles. The van der Waals surface area contributed by atoms with Crippen molar-refractivity contribution in [1.82, 2.24) is 5.32 Å². The van der Waals surface area contributed by atoms with E-state index in [2.05, 4.69) is 5.32 Å². The van der Waals surface area contributed by atoms with Crippen molar-refractivity contribution < 1.29 is 9.21 Å². The van der Waals surface area contributed by atoms with Gasteiger partial charge in [-0.3, -0.25) is 4.79 Å². The lowest BCUT2D eigenvalue weighted by Crippen LogP contribution is -2.33. The Morgan fingerprint density at radius 3 is 2.61 bits per heavy atom. The van der Waals surface area contributed by atoms with Crippen LogP contribution in [0.4, 0.5) is 0 Å². The molecule has 4 heteroatoms. The van der Waals surface area contributed by atoms with Gasteiger partial charge in [0.2, 0.25) is 0 Å². The van der Waals surface area contributed by atoms with Crippen LogP contribution in [0.2, 0.25) is 0 Å². The van der Waals surface area contributed by atoms with E-state index in [4.69, 9.17) is 4.42 Å². The van der Waals surface area contributed by atoms with Crippen LogP contribution < -0.4 is 5.32 Å². The van der Waals surface area contributed by atoms with E-state index in [1.165, 1.54) is 6.08 Å². The zero-order valence-corrected chi connectivity index (χ0v) is 12.8. The summed E-state index contributed by atoms with van der Waals surface area (Å²) >= 11 is 0. The lowest BCUT2D eigenvalue weighted by molar-refractivity contribution is -0.117. The Morgan fingerprint density at radius 1 is 1.17 bits per heavy atom. The Kier molecular flexibility index (Phi) is 4.58. The molecule has 0 unspecified atom stereocenters. The summed E-state index contributed by atoms with van der Waals surface area (Å²) in [5, 5.41) is 12.2. The summed E-state index contributed by atoms with van der Waals surface area (Å²) in [7, 11) is 0. The number of furan rings is 1. The maximum absolute atomic E-state index is 12.2. The first-order valence-corrected chi connectivity index (χ1v) is 7.84. The second-order valence-electron chi connectivity index (χ2n) is 5.69. The van der Waals surface area contributed by atoms with E-state index in [0.29, 0.717) is 11.5 Å². The number of carbonyl (C=O) groups excluding carboxylic acids is 1. The van der Waals surface area contributed by atoms with Gasteiger partial charge in [-0.2, -0.15) is 5.26 Å². The maximum atomic E-state index is 12.2. The van der Waals surface area contributed by atoms with Crippen LogP contribution in [0.15, 0.2) is 52.5 Å². The SMILES string of the molecule is N#C/C(=C/c1ccc(-c2ccccc2)o1)C(=O)NC1CCCC1. The van der Waals surface area contributed by atoms with E-state index >= 15 is 0 Å². The van der Waals surface area contributed by atoms with E-state index < -0.39 is 0 Å². The third-order valence-electron chi connectivity index (χ3n) is 4.03. The summed E-state index contributed by atoms with van der Waals surface area (Å²) in [6.45, 7) is 0. The molecule has 0 aliphatic heterocycles. The van der Waals surface area contributed by atoms with Crippen LogP contribution in [0, 0.1) is 11.3 Å². The summed E-state index contributed by atoms with van der Waals surface area (Å²) in [6, 6.07) is 15.5. The van der Waals surface area contributed by atoms with Crippen molar-refractivity contribution >= 4 is 12.0 Å². The van der Waals surface area contributed by atoms with Gasteiger partial charge in [-0.15, -0.1) is 0 Å². The number of nitrogens with one attached hydrogen (secondary N) is 1. The average molecular weight is 306 g/mol. The number of hydrogen-bond donors (Lipinski definition) is 1. The highest BCUT2D eigenvalue weighted by Gasteiger charge is 2.19. The van der Waals surface area contributed by atoms with Crippen LogP contribution in [-0.2, 0) is 4.79 Å². The summed E-state index contributed by atoms with van der Waals surface area (Å²) in [5.41, 5.74) is 1.03. The Hall–Kier alpha value is -2.80. The molecule has 1 saturated carbocycles. The van der Waals surface area contributed by atoms with E-state index in [-0.39, 0.29) is 17.5 Å². The minimum Gasteiger partial charge on any atom is -0.457 e. The molecule has 1 amide bonds. The number of nitriles is 1. The summed E-state index contributed by atoms with van der Waals surface area (Å²) in [5.74, 6) is 0.893. The van der Waals surface area contributed by atoms with Crippen molar-refractivity contribution in [3.05, 3.63) is 53.8 Å². The minimum absolute atomic E-state index is 0.0749. The molecule has 3 rings (SSSR count). The largest absolute Gasteiger partial charge is 0.457 e. The second-order valence-corrected chi connectivity index (χ2v) is 5.69. The fourth-order valence-corrected chi connectivity index (χ4v) is 2.81. The van der Waals surface area contributed by atoms with Crippen molar-refractivity contribution in [2.75, 3.05) is 0 Å². The van der Waals surface area contributed by atoms with Crippen molar-refractivity contribution in [3.63, 3.8) is 0 Å². The van der Waals surface area contributed by atoms with Gasteiger partial charge < -0.3 is 9.73 Å². The van der Waals surface area contributed by atoms with Crippen molar-refractivity contribution in [3.8, 4) is 17.4 Å². The second kappa shape index (κ2) is 6.97. The standard InChI is InChI=1S/C19H18N2O2/c20-13-15(19(22)21-16-8-4-5-9-16)12-17-10-11-18(23-17)14-6-2-1-3-7-14/h1-3,6-7,10-12,16H,4-5,8-9H2,(H,21,22)/b15-12-. The maximum Gasteiger partial charge on any atom is 0.262 e. The Bertz CT molecular complexity index is 747. The molecular weight excluding hydrogens is 288 g/mol. The first-order chi connectivity index (χ1) is 11.3. The van der Waals surface area contributed by atoms with Crippen LogP contribution in [0.3, 0.4) is 0 Å². The van der Waals surface area contributed by atoms with E-state index in [0.717, 1.165) is 31.2 Å². The van der Waals surface area contributed by atoms with E-state index in [9.17, 15) is 10.1 Å². The molecule has 116 valence electrons. The predicted molar refractivity (Wildman–Crippen MR) is 88.1 cm³/mol. The van der Waals surface area contributed by atoms with Gasteiger partial charge in [0.25, 0.3) is 5.91 Å². The van der Waals surface area contributed by atoms with Crippen LogP contribution >= 0.6 is 0 Å². The number of benzene rings is 1. The third kappa shape index (κ3) is 3.70. The average Bonchev–Trinajstić information content (AvgIpc) is 3.25. The fourth-order valence-electron chi connectivity index (χ4n) is 2.81. The molecule has 1 aliphatic carbocycles. The topological polar surface area (TPSA) is 66.0 Å². The third-order valence-corrected chi connectivity index (χ3v) is 4.03. The highest BCUT2D eigenvalue weighted by atomic mass is 16.3. The molecule has 1 fully saturated rings. The molecule has 1 aliphatic rings. The molecule has 0 bridgehead atoms. The highest BCUT2D eigenvalue weighted by molar-refractivity contribution is 6.01. The van der Waals surface area contributed by atoms with E-state index in [1.54, 1.807) is 6.07 Å². The number of carbonyl (C=O) groups is 1. The van der Waals surface area contributed by atoms with Gasteiger partial charge in [-0.1, -0.05) is 43.2 Å². The van der Waals surface area contributed by atoms with E-state index in [1.807, 2.05) is 42.5 Å². The normalized spacial score (nSPS) is 15.3. The minimum atomic E-state index is -0.322. The zero-order chi connectivity index (χ0) is 16.1. The molecule has 0 atom stereocenters. The summed E-state index contributed by atoms with van der Waals surface area (Å²) < 4.78 is 5.71. The van der Waals surface area contributed by atoms with Crippen LogP contribution in [0.25, 0.3) is 17.4 Å². The van der Waals surface area contributed by atoms with Gasteiger partial charge >= 0.3 is 0 Å². The van der Waals surface area contributed by atoms with Crippen molar-refractivity contribution in [2.45, 2.75) is 31.7 Å². The quantitative estimate of drug-likeness (QED) is 0.688. The smallest absolute Gasteiger partial charge is 0.262 e. The summed E-state index contributed by atoms with van der Waals surface area (Å²) in [4.78, 5) is 12.2. The molecule has 1 N–H and O–H groups in total. The zero-order valence-electron chi connectivity index (χ0n) is 12.8.